The lowest BCUT2D eigenvalue weighted by Crippen LogP contribution is -2.37. The molecule has 9 nitrogen and oxygen atoms in total. The lowest BCUT2D eigenvalue weighted by atomic mass is 10.1. The summed E-state index contributed by atoms with van der Waals surface area (Å²) in [7, 11) is -3.72. The second-order valence-corrected chi connectivity index (χ2v) is 9.99. The number of nitro groups is 1. The number of hydrogen-bond acceptors (Lipinski definition) is 7. The maximum absolute atomic E-state index is 12.8. The minimum atomic E-state index is -3.72. The third kappa shape index (κ3) is 4.76. The molecule has 0 radical (unpaired) electrons. The van der Waals surface area contributed by atoms with Gasteiger partial charge in [0.05, 0.1) is 22.1 Å². The van der Waals surface area contributed by atoms with Gasteiger partial charge < -0.3 is 9.73 Å². The Hall–Kier alpha value is -2.43. The van der Waals surface area contributed by atoms with Crippen molar-refractivity contribution >= 4 is 21.4 Å². The number of sulfonamides is 1. The smallest absolute Gasteiger partial charge is 0.293 e. The van der Waals surface area contributed by atoms with E-state index in [-0.39, 0.29) is 16.6 Å². The van der Waals surface area contributed by atoms with Gasteiger partial charge in [0.25, 0.3) is 5.69 Å². The molecule has 0 spiro atoms. The number of anilines is 1. The van der Waals surface area contributed by atoms with Crippen LogP contribution in [0.5, 0.6) is 0 Å². The zero-order valence-corrected chi connectivity index (χ0v) is 18.2. The molecule has 4 rings (SSSR count). The Bertz CT molecular complexity index is 997. The molecular weight excluding hydrogens is 420 g/mol. The molecule has 2 fully saturated rings. The number of furan rings is 1. The van der Waals surface area contributed by atoms with Gasteiger partial charge >= 0.3 is 0 Å². The van der Waals surface area contributed by atoms with E-state index in [4.69, 9.17) is 4.42 Å². The summed E-state index contributed by atoms with van der Waals surface area (Å²) in [4.78, 5) is 13.5. The quantitative estimate of drug-likeness (QED) is 0.485. The highest BCUT2D eigenvalue weighted by molar-refractivity contribution is 7.89. The number of piperidine rings is 1. The first-order chi connectivity index (χ1) is 15.0. The SMILES string of the molecule is O=[N+]([O-])c1cc(S(=O)(=O)N2CCCC2)ccc1NC[C@@H](c1ccco1)N1CCCCC1. The van der Waals surface area contributed by atoms with Crippen LogP contribution in [0.25, 0.3) is 0 Å². The van der Waals surface area contributed by atoms with Gasteiger partial charge in [-0.25, -0.2) is 8.42 Å². The molecule has 1 aromatic heterocycles. The molecule has 0 aliphatic carbocycles. The Labute approximate surface area is 182 Å². The number of nitrogens with zero attached hydrogens (tertiary/aromatic N) is 3. The van der Waals surface area contributed by atoms with Crippen molar-refractivity contribution in [2.45, 2.75) is 43.0 Å². The molecule has 10 heteroatoms. The van der Waals surface area contributed by atoms with Crippen molar-refractivity contribution in [2.75, 3.05) is 38.0 Å². The molecule has 0 bridgehead atoms. The van der Waals surface area contributed by atoms with E-state index >= 15 is 0 Å². The summed E-state index contributed by atoms with van der Waals surface area (Å²) in [5.41, 5.74) is 0.0658. The summed E-state index contributed by atoms with van der Waals surface area (Å²) >= 11 is 0. The van der Waals surface area contributed by atoms with Gasteiger partial charge in [0, 0.05) is 25.7 Å². The number of hydrogen-bond donors (Lipinski definition) is 1. The van der Waals surface area contributed by atoms with E-state index in [1.54, 1.807) is 6.26 Å². The molecule has 1 atom stereocenters. The average Bonchev–Trinajstić information content (AvgIpc) is 3.49. The second-order valence-electron chi connectivity index (χ2n) is 8.06. The van der Waals surface area contributed by atoms with E-state index in [1.165, 1.54) is 28.9 Å². The third-order valence-corrected chi connectivity index (χ3v) is 7.95. The van der Waals surface area contributed by atoms with Crippen LogP contribution in [0.3, 0.4) is 0 Å². The molecule has 0 unspecified atom stereocenters. The van der Waals surface area contributed by atoms with Gasteiger partial charge in [0.2, 0.25) is 10.0 Å². The highest BCUT2D eigenvalue weighted by Crippen LogP contribution is 2.32. The summed E-state index contributed by atoms with van der Waals surface area (Å²) < 4.78 is 32.7. The van der Waals surface area contributed by atoms with Crippen molar-refractivity contribution in [3.63, 3.8) is 0 Å². The first kappa shape index (κ1) is 21.8. The lowest BCUT2D eigenvalue weighted by Gasteiger charge is -2.33. The van der Waals surface area contributed by atoms with Crippen molar-refractivity contribution in [1.82, 2.24) is 9.21 Å². The fraction of sp³-hybridized carbons (Fsp3) is 0.524. The molecular formula is C21H28N4O5S. The van der Waals surface area contributed by atoms with Crippen LogP contribution in [0.2, 0.25) is 0 Å². The zero-order chi connectivity index (χ0) is 21.8. The van der Waals surface area contributed by atoms with E-state index in [0.29, 0.717) is 25.3 Å². The Morgan fingerprint density at radius 2 is 1.77 bits per heavy atom. The monoisotopic (exact) mass is 448 g/mol. The Morgan fingerprint density at radius 1 is 1.06 bits per heavy atom. The van der Waals surface area contributed by atoms with Gasteiger partial charge in [0.1, 0.15) is 11.4 Å². The first-order valence-electron chi connectivity index (χ1n) is 10.8. The van der Waals surface area contributed by atoms with Gasteiger partial charge in [-0.1, -0.05) is 6.42 Å². The van der Waals surface area contributed by atoms with Crippen LogP contribution >= 0.6 is 0 Å². The summed E-state index contributed by atoms with van der Waals surface area (Å²) in [5.74, 6) is 0.810. The van der Waals surface area contributed by atoms with Crippen LogP contribution in [0.1, 0.15) is 43.9 Å². The summed E-state index contributed by atoms with van der Waals surface area (Å²) in [6.07, 6.45) is 6.68. The Kier molecular flexibility index (Phi) is 6.59. The van der Waals surface area contributed by atoms with Gasteiger partial charge in [-0.2, -0.15) is 4.31 Å². The standard InChI is InChI=1S/C21H28N4O5S/c26-25(27)19-15-17(31(28,29)24-12-4-5-13-24)8-9-18(19)22-16-20(21-7-6-14-30-21)23-10-2-1-3-11-23/h6-9,14-15,20,22H,1-5,10-13,16H2/t20-/m0/s1. The molecule has 2 aliphatic heterocycles. The topological polar surface area (TPSA) is 109 Å². The molecule has 2 aliphatic rings. The molecule has 0 amide bonds. The van der Waals surface area contributed by atoms with Crippen LogP contribution in [-0.4, -0.2) is 55.3 Å². The normalized spacial score (nSPS) is 19.4. The predicted molar refractivity (Wildman–Crippen MR) is 116 cm³/mol. The van der Waals surface area contributed by atoms with Gasteiger partial charge in [-0.3, -0.25) is 15.0 Å². The van der Waals surface area contributed by atoms with E-state index in [0.717, 1.165) is 44.5 Å². The first-order valence-corrected chi connectivity index (χ1v) is 12.2. The predicted octanol–water partition coefficient (Wildman–Crippen LogP) is 3.61. The van der Waals surface area contributed by atoms with Crippen LogP contribution in [0.4, 0.5) is 11.4 Å². The zero-order valence-electron chi connectivity index (χ0n) is 17.4. The summed E-state index contributed by atoms with van der Waals surface area (Å²) in [6.45, 7) is 3.23. The van der Waals surface area contributed by atoms with Gasteiger partial charge in [0.15, 0.2) is 0 Å². The fourth-order valence-electron chi connectivity index (χ4n) is 4.38. The highest BCUT2D eigenvalue weighted by atomic mass is 32.2. The number of benzene rings is 1. The van der Waals surface area contributed by atoms with E-state index in [9.17, 15) is 18.5 Å². The molecule has 0 saturated carbocycles. The van der Waals surface area contributed by atoms with E-state index in [2.05, 4.69) is 10.2 Å². The average molecular weight is 449 g/mol. The Balaban J connectivity index is 1.56. The largest absolute Gasteiger partial charge is 0.468 e. The molecule has 1 aromatic carbocycles. The maximum atomic E-state index is 12.8. The van der Waals surface area contributed by atoms with Crippen molar-refractivity contribution in [3.05, 3.63) is 52.5 Å². The number of nitrogens with one attached hydrogen (secondary N) is 1. The van der Waals surface area contributed by atoms with E-state index < -0.39 is 14.9 Å². The van der Waals surface area contributed by atoms with Crippen molar-refractivity contribution in [3.8, 4) is 0 Å². The third-order valence-electron chi connectivity index (χ3n) is 6.06. The van der Waals surface area contributed by atoms with Crippen molar-refractivity contribution in [1.29, 1.82) is 0 Å². The minimum Gasteiger partial charge on any atom is -0.468 e. The molecule has 31 heavy (non-hydrogen) atoms. The minimum absolute atomic E-state index is 0.0368. The highest BCUT2D eigenvalue weighted by Gasteiger charge is 2.30. The van der Waals surface area contributed by atoms with Gasteiger partial charge in [-0.05, 0) is 63.0 Å². The number of rotatable bonds is 8. The van der Waals surface area contributed by atoms with Crippen LogP contribution in [0.15, 0.2) is 45.9 Å². The number of likely N-dealkylation sites (tertiary alicyclic amines) is 1. The van der Waals surface area contributed by atoms with E-state index in [1.807, 2.05) is 12.1 Å². The van der Waals surface area contributed by atoms with Crippen molar-refractivity contribution < 1.29 is 17.8 Å². The summed E-state index contributed by atoms with van der Waals surface area (Å²) in [5, 5.41) is 14.9. The van der Waals surface area contributed by atoms with Crippen LogP contribution in [0, 0.1) is 10.1 Å². The molecule has 168 valence electrons. The molecule has 1 N–H and O–H groups in total. The lowest BCUT2D eigenvalue weighted by molar-refractivity contribution is -0.384. The number of nitro benzene ring substituents is 1. The molecule has 2 saturated heterocycles. The molecule has 2 aromatic rings. The maximum Gasteiger partial charge on any atom is 0.293 e. The second kappa shape index (κ2) is 9.37. The summed E-state index contributed by atoms with van der Waals surface area (Å²) in [6, 6.07) is 7.82. The Morgan fingerprint density at radius 3 is 2.42 bits per heavy atom. The van der Waals surface area contributed by atoms with Crippen LogP contribution < -0.4 is 5.32 Å². The molecule has 3 heterocycles. The van der Waals surface area contributed by atoms with Gasteiger partial charge in [-0.15, -0.1) is 0 Å². The van der Waals surface area contributed by atoms with Crippen molar-refractivity contribution in [2.24, 2.45) is 0 Å². The van der Waals surface area contributed by atoms with Crippen LogP contribution in [-0.2, 0) is 10.0 Å². The fourth-order valence-corrected chi connectivity index (χ4v) is 5.91.